The first-order valence-corrected chi connectivity index (χ1v) is 12.6. The van der Waals surface area contributed by atoms with Crippen LogP contribution in [0.4, 0.5) is 5.69 Å². The Hall–Kier alpha value is -2.87. The molecular weight excluding hydrogens is 470 g/mol. The van der Waals surface area contributed by atoms with E-state index < -0.39 is 10.0 Å². The zero-order chi connectivity index (χ0) is 23.4. The average Bonchev–Trinajstić information content (AvgIpc) is 2.82. The van der Waals surface area contributed by atoms with Gasteiger partial charge in [-0.15, -0.1) is 12.4 Å². The van der Waals surface area contributed by atoms with Crippen molar-refractivity contribution < 1.29 is 13.2 Å². The van der Waals surface area contributed by atoms with Crippen LogP contribution < -0.4 is 4.72 Å². The van der Waals surface area contributed by atoms with Crippen LogP contribution in [-0.4, -0.2) is 50.3 Å². The van der Waals surface area contributed by atoms with E-state index in [0.29, 0.717) is 24.3 Å². The molecule has 1 aliphatic heterocycles. The van der Waals surface area contributed by atoms with Crippen LogP contribution in [0.2, 0.25) is 0 Å². The van der Waals surface area contributed by atoms with Gasteiger partial charge in [-0.25, -0.2) is 8.42 Å². The number of hydrogen-bond donors (Lipinski definition) is 1. The lowest BCUT2D eigenvalue weighted by Crippen LogP contribution is -2.48. The van der Waals surface area contributed by atoms with Crippen LogP contribution in [0, 0.1) is 13.8 Å². The molecular formula is C26H30ClN3O3S. The minimum atomic E-state index is -3.81. The lowest BCUT2D eigenvalue weighted by molar-refractivity contribution is 0.0628. The van der Waals surface area contributed by atoms with Gasteiger partial charge in [-0.1, -0.05) is 54.1 Å². The van der Waals surface area contributed by atoms with Gasteiger partial charge in [0.15, 0.2) is 0 Å². The molecule has 0 bridgehead atoms. The summed E-state index contributed by atoms with van der Waals surface area (Å²) in [6.45, 7) is 7.48. The SMILES string of the molecule is Cc1ccc(NS(=O)(=O)c2cccc(C(=O)N3CCN(Cc4ccccc4)CC3)c2)c(C)c1.Cl. The summed E-state index contributed by atoms with van der Waals surface area (Å²) in [4.78, 5) is 17.3. The van der Waals surface area contributed by atoms with E-state index in [1.165, 1.54) is 17.7 Å². The summed E-state index contributed by atoms with van der Waals surface area (Å²) in [5.41, 5.74) is 4.08. The smallest absolute Gasteiger partial charge is 0.261 e. The molecule has 0 aromatic heterocycles. The fourth-order valence-electron chi connectivity index (χ4n) is 4.06. The third-order valence-electron chi connectivity index (χ3n) is 5.93. The molecule has 1 heterocycles. The van der Waals surface area contributed by atoms with Crippen molar-refractivity contribution >= 4 is 34.0 Å². The van der Waals surface area contributed by atoms with Gasteiger partial charge in [-0.05, 0) is 49.2 Å². The first kappa shape index (κ1) is 25.7. The van der Waals surface area contributed by atoms with Gasteiger partial charge < -0.3 is 4.90 Å². The molecule has 8 heteroatoms. The molecule has 0 radical (unpaired) electrons. The number of hydrogen-bond acceptors (Lipinski definition) is 4. The van der Waals surface area contributed by atoms with E-state index >= 15 is 0 Å². The molecule has 3 aromatic carbocycles. The van der Waals surface area contributed by atoms with Crippen LogP contribution in [0.3, 0.4) is 0 Å². The van der Waals surface area contributed by atoms with Gasteiger partial charge in [0.2, 0.25) is 0 Å². The summed E-state index contributed by atoms with van der Waals surface area (Å²) in [7, 11) is -3.81. The summed E-state index contributed by atoms with van der Waals surface area (Å²) in [5, 5.41) is 0. The van der Waals surface area contributed by atoms with Crippen LogP contribution in [0.5, 0.6) is 0 Å². The largest absolute Gasteiger partial charge is 0.336 e. The number of halogens is 1. The molecule has 1 amide bonds. The van der Waals surface area contributed by atoms with Gasteiger partial charge in [0, 0.05) is 38.3 Å². The molecule has 6 nitrogen and oxygen atoms in total. The highest BCUT2D eigenvalue weighted by molar-refractivity contribution is 7.92. The van der Waals surface area contributed by atoms with Crippen molar-refractivity contribution in [2.45, 2.75) is 25.3 Å². The fraction of sp³-hybridized carbons (Fsp3) is 0.269. The van der Waals surface area contributed by atoms with Gasteiger partial charge in [-0.2, -0.15) is 0 Å². The van der Waals surface area contributed by atoms with Crippen molar-refractivity contribution in [1.82, 2.24) is 9.80 Å². The van der Waals surface area contributed by atoms with Crippen molar-refractivity contribution in [3.63, 3.8) is 0 Å². The Morgan fingerprint density at radius 3 is 2.26 bits per heavy atom. The number of piperazine rings is 1. The van der Waals surface area contributed by atoms with Crippen molar-refractivity contribution in [2.24, 2.45) is 0 Å². The summed E-state index contributed by atoms with van der Waals surface area (Å²) in [5.74, 6) is -0.141. The first-order valence-electron chi connectivity index (χ1n) is 11.1. The Balaban J connectivity index is 0.00000324. The van der Waals surface area contributed by atoms with Crippen LogP contribution in [0.1, 0.15) is 27.0 Å². The van der Waals surface area contributed by atoms with E-state index in [4.69, 9.17) is 0 Å². The molecule has 0 atom stereocenters. The predicted octanol–water partition coefficient (Wildman–Crippen LogP) is 4.48. The monoisotopic (exact) mass is 499 g/mol. The maximum Gasteiger partial charge on any atom is 0.261 e. The molecule has 4 rings (SSSR count). The number of aryl methyl sites for hydroxylation is 2. The Bertz CT molecular complexity index is 1240. The molecule has 3 aromatic rings. The Kier molecular flexibility index (Phi) is 8.36. The van der Waals surface area contributed by atoms with Crippen molar-refractivity contribution in [3.8, 4) is 0 Å². The quantitative estimate of drug-likeness (QED) is 0.542. The Morgan fingerprint density at radius 2 is 1.59 bits per heavy atom. The van der Waals surface area contributed by atoms with E-state index in [0.717, 1.165) is 30.8 Å². The van der Waals surface area contributed by atoms with Gasteiger partial charge in [-0.3, -0.25) is 14.4 Å². The van der Waals surface area contributed by atoms with Gasteiger partial charge in [0.25, 0.3) is 15.9 Å². The molecule has 0 aliphatic carbocycles. The van der Waals surface area contributed by atoms with E-state index in [-0.39, 0.29) is 23.2 Å². The van der Waals surface area contributed by atoms with Gasteiger partial charge in [0.1, 0.15) is 0 Å². The van der Waals surface area contributed by atoms with E-state index in [2.05, 4.69) is 21.8 Å². The maximum absolute atomic E-state index is 13.1. The normalized spacial score (nSPS) is 14.4. The molecule has 34 heavy (non-hydrogen) atoms. The molecule has 1 aliphatic rings. The number of sulfonamides is 1. The average molecular weight is 500 g/mol. The molecule has 0 unspecified atom stereocenters. The van der Waals surface area contributed by atoms with Crippen molar-refractivity contribution in [1.29, 1.82) is 0 Å². The highest BCUT2D eigenvalue weighted by Gasteiger charge is 2.24. The lowest BCUT2D eigenvalue weighted by atomic mass is 10.1. The first-order chi connectivity index (χ1) is 15.8. The molecule has 1 N–H and O–H groups in total. The predicted molar refractivity (Wildman–Crippen MR) is 138 cm³/mol. The highest BCUT2D eigenvalue weighted by Crippen LogP contribution is 2.22. The van der Waals surface area contributed by atoms with E-state index in [1.54, 1.807) is 23.1 Å². The summed E-state index contributed by atoms with van der Waals surface area (Å²) in [6.07, 6.45) is 0. The highest BCUT2D eigenvalue weighted by atomic mass is 35.5. The maximum atomic E-state index is 13.1. The van der Waals surface area contributed by atoms with Gasteiger partial charge >= 0.3 is 0 Å². The number of carbonyl (C=O) groups is 1. The lowest BCUT2D eigenvalue weighted by Gasteiger charge is -2.34. The zero-order valence-electron chi connectivity index (χ0n) is 19.4. The number of nitrogens with zero attached hydrogens (tertiary/aromatic N) is 2. The number of rotatable bonds is 6. The molecule has 1 fully saturated rings. The standard InChI is InChI=1S/C26H29N3O3S.ClH/c1-20-11-12-25(21(2)17-20)27-33(31,32)24-10-6-9-23(18-24)26(30)29-15-13-28(14-16-29)19-22-7-4-3-5-8-22;/h3-12,17-18,27H,13-16,19H2,1-2H3;1H. The second-order valence-corrected chi connectivity index (χ2v) is 10.2. The topological polar surface area (TPSA) is 69.7 Å². The Labute approximate surface area is 208 Å². The minimum Gasteiger partial charge on any atom is -0.336 e. The van der Waals surface area contributed by atoms with Crippen LogP contribution in [0.15, 0.2) is 77.7 Å². The fourth-order valence-corrected chi connectivity index (χ4v) is 5.24. The molecule has 180 valence electrons. The second-order valence-electron chi connectivity index (χ2n) is 8.51. The molecule has 1 saturated heterocycles. The number of amides is 1. The van der Waals surface area contributed by atoms with Gasteiger partial charge in [0.05, 0.1) is 10.6 Å². The minimum absolute atomic E-state index is 0. The van der Waals surface area contributed by atoms with E-state index in [9.17, 15) is 13.2 Å². The number of anilines is 1. The van der Waals surface area contributed by atoms with Crippen LogP contribution in [-0.2, 0) is 16.6 Å². The van der Waals surface area contributed by atoms with E-state index in [1.807, 2.05) is 44.2 Å². The third-order valence-corrected chi connectivity index (χ3v) is 7.29. The van der Waals surface area contributed by atoms with Crippen molar-refractivity contribution in [3.05, 3.63) is 95.1 Å². The van der Waals surface area contributed by atoms with Crippen molar-refractivity contribution in [2.75, 3.05) is 30.9 Å². The van der Waals surface area contributed by atoms with Crippen LogP contribution >= 0.6 is 12.4 Å². The Morgan fingerprint density at radius 1 is 0.882 bits per heavy atom. The summed E-state index contributed by atoms with van der Waals surface area (Å²) < 4.78 is 28.6. The third kappa shape index (κ3) is 6.17. The number of benzene rings is 3. The zero-order valence-corrected chi connectivity index (χ0v) is 21.0. The molecule has 0 spiro atoms. The number of carbonyl (C=O) groups excluding carboxylic acids is 1. The van der Waals surface area contributed by atoms with Crippen LogP contribution in [0.25, 0.3) is 0 Å². The summed E-state index contributed by atoms with van der Waals surface area (Å²) >= 11 is 0. The second kappa shape index (κ2) is 11.0. The number of nitrogens with one attached hydrogen (secondary N) is 1. The molecule has 0 saturated carbocycles. The summed E-state index contributed by atoms with van der Waals surface area (Å²) in [6, 6.07) is 22.1.